The number of thioether (sulfide) groups is 1. The van der Waals surface area contributed by atoms with Crippen LogP contribution in [0.15, 0.2) is 28.6 Å². The molecule has 0 aliphatic carbocycles. The van der Waals surface area contributed by atoms with Gasteiger partial charge in [0.15, 0.2) is 4.34 Å². The fourth-order valence-electron chi connectivity index (χ4n) is 3.29. The summed E-state index contributed by atoms with van der Waals surface area (Å²) in [5, 5.41) is 12.2. The predicted molar refractivity (Wildman–Crippen MR) is 107 cm³/mol. The van der Waals surface area contributed by atoms with Gasteiger partial charge in [-0.2, -0.15) is 0 Å². The van der Waals surface area contributed by atoms with Crippen LogP contribution in [0.1, 0.15) is 33.1 Å². The van der Waals surface area contributed by atoms with E-state index in [2.05, 4.69) is 29.4 Å². The predicted octanol–water partition coefficient (Wildman–Crippen LogP) is 4.17. The fraction of sp³-hybridized carbons (Fsp3) is 0.500. The number of hydrogen-bond acceptors (Lipinski definition) is 7. The van der Waals surface area contributed by atoms with Gasteiger partial charge in [0.1, 0.15) is 5.75 Å². The second kappa shape index (κ2) is 8.73. The van der Waals surface area contributed by atoms with Crippen molar-refractivity contribution in [2.75, 3.05) is 18.2 Å². The molecule has 1 aliphatic rings. The van der Waals surface area contributed by atoms with Crippen molar-refractivity contribution in [3.63, 3.8) is 0 Å². The van der Waals surface area contributed by atoms with Crippen LogP contribution < -0.4 is 10.1 Å². The minimum Gasteiger partial charge on any atom is -0.495 e. The Morgan fingerprint density at radius 1 is 1.31 bits per heavy atom. The number of para-hydroxylation sites is 2. The van der Waals surface area contributed by atoms with Crippen molar-refractivity contribution in [3.05, 3.63) is 24.3 Å². The molecule has 2 atom stereocenters. The summed E-state index contributed by atoms with van der Waals surface area (Å²) in [6.07, 6.45) is 3.38. The van der Waals surface area contributed by atoms with Crippen LogP contribution in [-0.2, 0) is 4.79 Å². The maximum Gasteiger partial charge on any atom is 0.233 e. The quantitative estimate of drug-likeness (QED) is 0.744. The highest BCUT2D eigenvalue weighted by molar-refractivity contribution is 8.01. The smallest absolute Gasteiger partial charge is 0.233 e. The van der Waals surface area contributed by atoms with Gasteiger partial charge in [0.05, 0.1) is 18.6 Å². The van der Waals surface area contributed by atoms with Crippen LogP contribution in [0.3, 0.4) is 0 Å². The van der Waals surface area contributed by atoms with E-state index in [0.29, 0.717) is 23.0 Å². The van der Waals surface area contributed by atoms with Gasteiger partial charge in [-0.3, -0.25) is 4.79 Å². The normalized spacial score (nSPS) is 20.0. The van der Waals surface area contributed by atoms with E-state index in [4.69, 9.17) is 4.74 Å². The molecule has 2 heterocycles. The van der Waals surface area contributed by atoms with E-state index in [1.54, 1.807) is 7.11 Å². The van der Waals surface area contributed by atoms with Crippen molar-refractivity contribution in [2.45, 2.75) is 49.5 Å². The van der Waals surface area contributed by atoms with Crippen molar-refractivity contribution < 1.29 is 9.53 Å². The number of carbonyl (C=O) groups excluding carboxylic acids is 1. The molecule has 1 aromatic carbocycles. The first-order valence-corrected chi connectivity index (χ1v) is 10.6. The molecular weight excluding hydrogens is 368 g/mol. The van der Waals surface area contributed by atoms with Crippen LogP contribution in [0.25, 0.3) is 0 Å². The lowest BCUT2D eigenvalue weighted by molar-refractivity contribution is -0.134. The average molecular weight is 393 g/mol. The van der Waals surface area contributed by atoms with Gasteiger partial charge < -0.3 is 15.0 Å². The van der Waals surface area contributed by atoms with E-state index < -0.39 is 0 Å². The van der Waals surface area contributed by atoms with Crippen LogP contribution >= 0.6 is 23.1 Å². The maximum atomic E-state index is 12.6. The molecule has 26 heavy (non-hydrogen) atoms. The Hall–Kier alpha value is -1.80. The summed E-state index contributed by atoms with van der Waals surface area (Å²) in [5.41, 5.74) is 0.842. The Bertz CT molecular complexity index is 742. The summed E-state index contributed by atoms with van der Waals surface area (Å²) in [6.45, 7) is 4.27. The number of nitrogens with zero attached hydrogens (tertiary/aromatic N) is 3. The van der Waals surface area contributed by atoms with Crippen molar-refractivity contribution in [2.24, 2.45) is 0 Å². The number of rotatable bonds is 6. The van der Waals surface area contributed by atoms with Gasteiger partial charge in [-0.15, -0.1) is 10.2 Å². The number of aromatic nitrogens is 2. The van der Waals surface area contributed by atoms with Crippen LogP contribution in [0.5, 0.6) is 5.75 Å². The van der Waals surface area contributed by atoms with E-state index in [1.165, 1.54) is 29.5 Å². The lowest BCUT2D eigenvalue weighted by Crippen LogP contribution is -2.48. The van der Waals surface area contributed by atoms with Gasteiger partial charge in [-0.25, -0.2) is 0 Å². The molecular formula is C18H24N4O2S2. The lowest BCUT2D eigenvalue weighted by Gasteiger charge is -2.39. The summed E-state index contributed by atoms with van der Waals surface area (Å²) in [5.74, 6) is 1.34. The van der Waals surface area contributed by atoms with E-state index in [1.807, 2.05) is 29.2 Å². The Morgan fingerprint density at radius 2 is 2.04 bits per heavy atom. The summed E-state index contributed by atoms with van der Waals surface area (Å²) in [6, 6.07) is 8.31. The Labute approximate surface area is 162 Å². The standard InChI is InChI=1S/C18H24N4O2S2/c1-12-7-6-8-13(2)22(12)16(23)11-25-18-21-20-17(26-18)19-14-9-4-5-10-15(14)24-3/h4-5,9-10,12-13H,6-8,11H2,1-3H3,(H,19,20)/t12-,13-/m1/s1. The van der Waals surface area contributed by atoms with Crippen LogP contribution in [0, 0.1) is 0 Å². The van der Waals surface area contributed by atoms with Crippen LogP contribution in [0.2, 0.25) is 0 Å². The summed E-state index contributed by atoms with van der Waals surface area (Å²) < 4.78 is 6.11. The molecule has 1 N–H and O–H groups in total. The van der Waals surface area contributed by atoms with E-state index in [-0.39, 0.29) is 5.91 Å². The molecule has 8 heteroatoms. The van der Waals surface area contributed by atoms with E-state index in [9.17, 15) is 4.79 Å². The molecule has 0 saturated carbocycles. The van der Waals surface area contributed by atoms with Crippen LogP contribution in [-0.4, -0.2) is 46.0 Å². The average Bonchev–Trinajstić information content (AvgIpc) is 3.08. The largest absolute Gasteiger partial charge is 0.495 e. The highest BCUT2D eigenvalue weighted by Crippen LogP contribution is 2.32. The molecule has 1 aliphatic heterocycles. The first kappa shape index (κ1) is 19.0. The minimum absolute atomic E-state index is 0.184. The molecule has 3 rings (SSSR count). The molecule has 2 aromatic rings. The summed E-state index contributed by atoms with van der Waals surface area (Å²) >= 11 is 2.89. The number of nitrogens with one attached hydrogen (secondary N) is 1. The molecule has 0 radical (unpaired) electrons. The maximum absolute atomic E-state index is 12.6. The van der Waals surface area contributed by atoms with E-state index >= 15 is 0 Å². The van der Waals surface area contributed by atoms with Crippen molar-refractivity contribution in [3.8, 4) is 5.75 Å². The SMILES string of the molecule is COc1ccccc1Nc1nnc(SCC(=O)N2[C@H](C)CCC[C@H]2C)s1. The monoisotopic (exact) mass is 392 g/mol. The van der Waals surface area contributed by atoms with Gasteiger partial charge in [0.2, 0.25) is 11.0 Å². The van der Waals surface area contributed by atoms with Gasteiger partial charge in [0.25, 0.3) is 0 Å². The minimum atomic E-state index is 0.184. The third kappa shape index (κ3) is 4.48. The van der Waals surface area contributed by atoms with E-state index in [0.717, 1.165) is 28.6 Å². The van der Waals surface area contributed by atoms with Gasteiger partial charge in [-0.1, -0.05) is 35.2 Å². The lowest BCUT2D eigenvalue weighted by atomic mass is 9.98. The number of hydrogen-bond donors (Lipinski definition) is 1. The highest BCUT2D eigenvalue weighted by Gasteiger charge is 2.28. The second-order valence-electron chi connectivity index (χ2n) is 6.42. The zero-order chi connectivity index (χ0) is 18.5. The molecule has 0 bridgehead atoms. The molecule has 1 fully saturated rings. The van der Waals surface area contributed by atoms with Crippen molar-refractivity contribution in [1.29, 1.82) is 0 Å². The Balaban J connectivity index is 1.57. The number of amides is 1. The first-order chi connectivity index (χ1) is 12.6. The zero-order valence-electron chi connectivity index (χ0n) is 15.3. The third-order valence-corrected chi connectivity index (χ3v) is 6.51. The fourth-order valence-corrected chi connectivity index (χ4v) is 4.93. The van der Waals surface area contributed by atoms with Gasteiger partial charge in [-0.05, 0) is 45.2 Å². The highest BCUT2D eigenvalue weighted by atomic mass is 32.2. The number of likely N-dealkylation sites (tertiary alicyclic amines) is 1. The Morgan fingerprint density at radius 3 is 2.77 bits per heavy atom. The summed E-state index contributed by atoms with van der Waals surface area (Å²) in [7, 11) is 1.64. The first-order valence-electron chi connectivity index (χ1n) is 8.76. The molecule has 140 valence electrons. The summed E-state index contributed by atoms with van der Waals surface area (Å²) in [4.78, 5) is 14.6. The van der Waals surface area contributed by atoms with Crippen molar-refractivity contribution in [1.82, 2.24) is 15.1 Å². The number of methoxy groups -OCH3 is 1. The second-order valence-corrected chi connectivity index (χ2v) is 8.62. The molecule has 0 spiro atoms. The van der Waals surface area contributed by atoms with Gasteiger partial charge in [0, 0.05) is 12.1 Å². The number of piperidine rings is 1. The molecule has 6 nitrogen and oxygen atoms in total. The number of benzene rings is 1. The van der Waals surface area contributed by atoms with Crippen molar-refractivity contribution >= 4 is 39.8 Å². The molecule has 1 saturated heterocycles. The van der Waals surface area contributed by atoms with Gasteiger partial charge >= 0.3 is 0 Å². The topological polar surface area (TPSA) is 67.3 Å². The Kier molecular flexibility index (Phi) is 6.37. The number of anilines is 2. The van der Waals surface area contributed by atoms with Crippen LogP contribution in [0.4, 0.5) is 10.8 Å². The number of carbonyl (C=O) groups is 1. The molecule has 1 aromatic heterocycles. The number of ether oxygens (including phenoxy) is 1. The molecule has 0 unspecified atom stereocenters. The third-order valence-electron chi connectivity index (χ3n) is 4.56. The molecule has 1 amide bonds. The zero-order valence-corrected chi connectivity index (χ0v) is 16.9.